The van der Waals surface area contributed by atoms with Crippen molar-refractivity contribution >= 4 is 0 Å². The molecule has 0 radical (unpaired) electrons. The summed E-state index contributed by atoms with van der Waals surface area (Å²) in [6.45, 7) is 6.04. The zero-order chi connectivity index (χ0) is 11.7. The summed E-state index contributed by atoms with van der Waals surface area (Å²) in [4.78, 5) is 19.1. The maximum absolute atomic E-state index is 11.7. The topological polar surface area (TPSA) is 45.8 Å². The molecule has 88 valence electrons. The predicted molar refractivity (Wildman–Crippen MR) is 64.7 cm³/mol. The average Bonchev–Trinajstić information content (AvgIpc) is 2.26. The Hall–Kier alpha value is -1.12. The molecule has 2 rings (SSSR count). The number of aryl methyl sites for hydroxylation is 1. The van der Waals surface area contributed by atoms with Crippen molar-refractivity contribution in [3.05, 3.63) is 27.4 Å². The second-order valence-corrected chi connectivity index (χ2v) is 5.12. The van der Waals surface area contributed by atoms with Gasteiger partial charge in [-0.15, -0.1) is 0 Å². The molecule has 1 fully saturated rings. The fourth-order valence-corrected chi connectivity index (χ4v) is 2.39. The highest BCUT2D eigenvalue weighted by Crippen LogP contribution is 2.33. The largest absolute Gasteiger partial charge is 0.310 e. The molecule has 1 aliphatic carbocycles. The van der Waals surface area contributed by atoms with Gasteiger partial charge in [0.05, 0.1) is 0 Å². The Morgan fingerprint density at radius 3 is 2.38 bits per heavy atom. The van der Waals surface area contributed by atoms with Crippen LogP contribution in [-0.4, -0.2) is 9.97 Å². The van der Waals surface area contributed by atoms with Crippen LogP contribution in [0.15, 0.2) is 4.79 Å². The minimum Gasteiger partial charge on any atom is -0.310 e. The fourth-order valence-electron chi connectivity index (χ4n) is 2.39. The normalized spacial score (nSPS) is 25.7. The summed E-state index contributed by atoms with van der Waals surface area (Å²) in [6, 6.07) is 0. The number of aromatic nitrogens is 2. The minimum atomic E-state index is 0.0288. The Balaban J connectivity index is 2.24. The highest BCUT2D eigenvalue weighted by Gasteiger charge is 2.22. The molecule has 3 nitrogen and oxygen atoms in total. The standard InChI is InChI=1S/C13H20N2O/c1-8-4-6-11(7-5-8)12-14-10(3)9(2)13(16)15-12/h8,11H,4-7H2,1-3H3,(H,14,15,16). The first kappa shape index (κ1) is 11.4. The van der Waals surface area contributed by atoms with Crippen molar-refractivity contribution in [3.8, 4) is 0 Å². The number of nitrogens with zero attached hydrogens (tertiary/aromatic N) is 1. The molecule has 1 heterocycles. The van der Waals surface area contributed by atoms with E-state index in [2.05, 4.69) is 16.9 Å². The summed E-state index contributed by atoms with van der Waals surface area (Å²) in [7, 11) is 0. The first-order chi connectivity index (χ1) is 7.58. The molecule has 0 amide bonds. The summed E-state index contributed by atoms with van der Waals surface area (Å²) < 4.78 is 0. The highest BCUT2D eigenvalue weighted by molar-refractivity contribution is 5.15. The van der Waals surface area contributed by atoms with Gasteiger partial charge < -0.3 is 4.98 Å². The van der Waals surface area contributed by atoms with Gasteiger partial charge in [-0.1, -0.05) is 19.8 Å². The van der Waals surface area contributed by atoms with E-state index in [4.69, 9.17) is 0 Å². The molecule has 1 aromatic rings. The molecular formula is C13H20N2O. The van der Waals surface area contributed by atoms with Gasteiger partial charge in [-0.3, -0.25) is 4.79 Å². The molecule has 0 aliphatic heterocycles. The highest BCUT2D eigenvalue weighted by atomic mass is 16.1. The SMILES string of the molecule is Cc1nc(C2CCC(C)CC2)[nH]c(=O)c1C. The van der Waals surface area contributed by atoms with E-state index >= 15 is 0 Å². The first-order valence-corrected chi connectivity index (χ1v) is 6.15. The van der Waals surface area contributed by atoms with Gasteiger partial charge in [-0.2, -0.15) is 0 Å². The second-order valence-electron chi connectivity index (χ2n) is 5.12. The van der Waals surface area contributed by atoms with Crippen molar-refractivity contribution in [2.24, 2.45) is 5.92 Å². The monoisotopic (exact) mass is 220 g/mol. The van der Waals surface area contributed by atoms with Crippen LogP contribution in [0, 0.1) is 19.8 Å². The third-order valence-corrected chi connectivity index (χ3v) is 3.82. The lowest BCUT2D eigenvalue weighted by Gasteiger charge is -2.25. The fraction of sp³-hybridized carbons (Fsp3) is 0.692. The molecule has 3 heteroatoms. The van der Waals surface area contributed by atoms with Crippen LogP contribution in [0.4, 0.5) is 0 Å². The number of aromatic amines is 1. The van der Waals surface area contributed by atoms with Crippen molar-refractivity contribution in [1.29, 1.82) is 0 Å². The van der Waals surface area contributed by atoms with E-state index < -0.39 is 0 Å². The molecule has 0 saturated heterocycles. The van der Waals surface area contributed by atoms with Crippen LogP contribution >= 0.6 is 0 Å². The van der Waals surface area contributed by atoms with Gasteiger partial charge in [0.15, 0.2) is 0 Å². The molecule has 1 saturated carbocycles. The number of hydrogen-bond acceptors (Lipinski definition) is 2. The number of hydrogen-bond donors (Lipinski definition) is 1. The van der Waals surface area contributed by atoms with Gasteiger partial charge >= 0.3 is 0 Å². The van der Waals surface area contributed by atoms with Crippen molar-refractivity contribution < 1.29 is 0 Å². The summed E-state index contributed by atoms with van der Waals surface area (Å²) in [5.74, 6) is 2.19. The van der Waals surface area contributed by atoms with Gasteiger partial charge in [-0.25, -0.2) is 4.98 Å². The number of rotatable bonds is 1. The third kappa shape index (κ3) is 2.18. The Morgan fingerprint density at radius 2 is 1.81 bits per heavy atom. The van der Waals surface area contributed by atoms with Gasteiger partial charge in [-0.05, 0) is 32.6 Å². The van der Waals surface area contributed by atoms with Crippen LogP contribution in [0.1, 0.15) is 55.6 Å². The Morgan fingerprint density at radius 1 is 1.19 bits per heavy atom. The Kier molecular flexibility index (Phi) is 3.13. The lowest BCUT2D eigenvalue weighted by molar-refractivity contribution is 0.339. The van der Waals surface area contributed by atoms with Crippen LogP contribution in [0.25, 0.3) is 0 Å². The van der Waals surface area contributed by atoms with Gasteiger partial charge in [0.2, 0.25) is 0 Å². The molecule has 0 spiro atoms. The maximum Gasteiger partial charge on any atom is 0.254 e. The van der Waals surface area contributed by atoms with Crippen molar-refractivity contribution in [3.63, 3.8) is 0 Å². The molecule has 1 aromatic heterocycles. The van der Waals surface area contributed by atoms with E-state index in [-0.39, 0.29) is 5.56 Å². The third-order valence-electron chi connectivity index (χ3n) is 3.82. The Bertz CT molecular complexity index is 428. The van der Waals surface area contributed by atoms with E-state index in [0.717, 1.165) is 35.8 Å². The van der Waals surface area contributed by atoms with Crippen LogP contribution in [0.2, 0.25) is 0 Å². The van der Waals surface area contributed by atoms with Gasteiger partial charge in [0.25, 0.3) is 5.56 Å². The first-order valence-electron chi connectivity index (χ1n) is 6.15. The average molecular weight is 220 g/mol. The van der Waals surface area contributed by atoms with Crippen molar-refractivity contribution in [2.75, 3.05) is 0 Å². The van der Waals surface area contributed by atoms with Crippen LogP contribution in [0.5, 0.6) is 0 Å². The molecule has 0 unspecified atom stereocenters. The van der Waals surface area contributed by atoms with Crippen LogP contribution < -0.4 is 5.56 Å². The van der Waals surface area contributed by atoms with Crippen LogP contribution in [-0.2, 0) is 0 Å². The van der Waals surface area contributed by atoms with E-state index in [0.29, 0.717) is 5.92 Å². The summed E-state index contributed by atoms with van der Waals surface area (Å²) in [6.07, 6.45) is 4.82. The second kappa shape index (κ2) is 4.40. The Labute approximate surface area is 96.3 Å². The van der Waals surface area contributed by atoms with E-state index in [9.17, 15) is 4.79 Å². The summed E-state index contributed by atoms with van der Waals surface area (Å²) in [5.41, 5.74) is 1.64. The summed E-state index contributed by atoms with van der Waals surface area (Å²) in [5, 5.41) is 0. The molecule has 1 N–H and O–H groups in total. The lowest BCUT2D eigenvalue weighted by atomic mass is 9.82. The summed E-state index contributed by atoms with van der Waals surface area (Å²) >= 11 is 0. The van der Waals surface area contributed by atoms with Gasteiger partial charge in [0.1, 0.15) is 5.82 Å². The minimum absolute atomic E-state index is 0.0288. The molecule has 0 atom stereocenters. The predicted octanol–water partition coefficient (Wildman–Crippen LogP) is 2.68. The van der Waals surface area contributed by atoms with Gasteiger partial charge in [0, 0.05) is 17.2 Å². The molecule has 0 bridgehead atoms. The smallest absolute Gasteiger partial charge is 0.254 e. The number of nitrogens with one attached hydrogen (secondary N) is 1. The molecule has 1 aliphatic rings. The lowest BCUT2D eigenvalue weighted by Crippen LogP contribution is -2.21. The molecular weight excluding hydrogens is 200 g/mol. The molecule has 0 aromatic carbocycles. The quantitative estimate of drug-likeness (QED) is 0.791. The number of H-pyrrole nitrogens is 1. The molecule has 16 heavy (non-hydrogen) atoms. The van der Waals surface area contributed by atoms with Crippen molar-refractivity contribution in [2.45, 2.75) is 52.4 Å². The van der Waals surface area contributed by atoms with E-state index in [1.807, 2.05) is 13.8 Å². The van der Waals surface area contributed by atoms with Crippen molar-refractivity contribution in [1.82, 2.24) is 9.97 Å². The zero-order valence-corrected chi connectivity index (χ0v) is 10.3. The zero-order valence-electron chi connectivity index (χ0n) is 10.3. The van der Waals surface area contributed by atoms with E-state index in [1.54, 1.807) is 0 Å². The van der Waals surface area contributed by atoms with E-state index in [1.165, 1.54) is 12.8 Å². The van der Waals surface area contributed by atoms with Crippen LogP contribution in [0.3, 0.4) is 0 Å². The maximum atomic E-state index is 11.7.